The van der Waals surface area contributed by atoms with E-state index in [1.807, 2.05) is 0 Å². The van der Waals surface area contributed by atoms with Crippen LogP contribution in [0.2, 0.25) is 0 Å². The molecule has 110 valence electrons. The van der Waals surface area contributed by atoms with E-state index < -0.39 is 40.6 Å². The van der Waals surface area contributed by atoms with Gasteiger partial charge in [-0.25, -0.2) is 9.36 Å². The molecule has 12 nitrogen and oxygen atoms in total. The minimum Gasteiger partial charge on any atom is -0.478 e. The second kappa shape index (κ2) is 6.68. The number of carbonyl (C=O) groups is 1. The van der Waals surface area contributed by atoms with Gasteiger partial charge in [-0.15, -0.1) is 0 Å². The van der Waals surface area contributed by atoms with Crippen molar-refractivity contribution in [3.8, 4) is 0 Å². The number of rotatable bonds is 3. The number of benzene rings is 1. The summed E-state index contributed by atoms with van der Waals surface area (Å²) >= 11 is 0. The number of carboxylic acids is 1. The molecule has 0 heterocycles. The van der Waals surface area contributed by atoms with Crippen molar-refractivity contribution in [2.75, 3.05) is 0 Å². The Morgan fingerprint density at radius 1 is 1.00 bits per heavy atom. The van der Waals surface area contributed by atoms with Crippen molar-refractivity contribution in [1.29, 1.82) is 0 Å². The molecule has 0 aromatic heterocycles. The van der Waals surface area contributed by atoms with E-state index in [1.165, 1.54) is 0 Å². The topological polar surface area (TPSA) is 201 Å². The predicted octanol–water partition coefficient (Wildman–Crippen LogP) is 0.273. The van der Waals surface area contributed by atoms with Crippen LogP contribution in [0.15, 0.2) is 18.2 Å². The molecule has 0 amide bonds. The number of hydrogen-bond acceptors (Lipinski definition) is 6. The minimum absolute atomic E-state index is 0.490. The summed E-state index contributed by atoms with van der Waals surface area (Å²) in [6, 6.07) is 2.22. The maximum Gasteiger partial charge on any atom is 0.466 e. The first-order valence-corrected chi connectivity index (χ1v) is 5.94. The number of carboxylic acid groups (broad SMARTS) is 1. The highest BCUT2D eigenvalue weighted by molar-refractivity contribution is 7.45. The fraction of sp³-hybridized carbons (Fsp3) is 0. The number of nitro groups is 2. The van der Waals surface area contributed by atoms with Crippen LogP contribution in [-0.2, 0) is 4.57 Å². The Morgan fingerprint density at radius 3 is 1.50 bits per heavy atom. The number of phosphoric acid groups is 1. The van der Waals surface area contributed by atoms with Gasteiger partial charge in [0.05, 0.1) is 21.5 Å². The SMILES string of the molecule is O=C(O)c1cc([N+](=O)[O-])cc([N+](=O)[O-])c1.O=P(O)(O)O. The van der Waals surface area contributed by atoms with Crippen LogP contribution in [0.5, 0.6) is 0 Å². The van der Waals surface area contributed by atoms with E-state index in [9.17, 15) is 25.0 Å². The molecule has 0 spiro atoms. The van der Waals surface area contributed by atoms with Crippen LogP contribution in [0.3, 0.4) is 0 Å². The lowest BCUT2D eigenvalue weighted by Gasteiger charge is -1.96. The Kier molecular flexibility index (Phi) is 5.87. The third-order valence-electron chi connectivity index (χ3n) is 1.57. The molecule has 0 bridgehead atoms. The van der Waals surface area contributed by atoms with Gasteiger partial charge in [-0.2, -0.15) is 0 Å². The van der Waals surface area contributed by atoms with E-state index in [0.717, 1.165) is 12.1 Å². The van der Waals surface area contributed by atoms with Gasteiger partial charge in [0.25, 0.3) is 11.4 Å². The molecule has 4 N–H and O–H groups in total. The monoisotopic (exact) mass is 310 g/mol. The highest BCUT2D eigenvalue weighted by atomic mass is 31.2. The number of non-ortho nitro benzene ring substituents is 2. The van der Waals surface area contributed by atoms with E-state index >= 15 is 0 Å². The number of nitro benzene ring substituents is 2. The molecule has 0 aliphatic rings. The van der Waals surface area contributed by atoms with Crippen LogP contribution in [-0.4, -0.2) is 35.6 Å². The largest absolute Gasteiger partial charge is 0.478 e. The average molecular weight is 310 g/mol. The van der Waals surface area contributed by atoms with E-state index in [4.69, 9.17) is 24.4 Å². The fourth-order valence-electron chi connectivity index (χ4n) is 0.929. The van der Waals surface area contributed by atoms with Gasteiger partial charge in [0, 0.05) is 12.1 Å². The lowest BCUT2D eigenvalue weighted by molar-refractivity contribution is -0.394. The Morgan fingerprint density at radius 2 is 1.30 bits per heavy atom. The lowest BCUT2D eigenvalue weighted by atomic mass is 10.2. The molecule has 0 atom stereocenters. The highest BCUT2D eigenvalue weighted by Crippen LogP contribution is 2.25. The lowest BCUT2D eigenvalue weighted by Crippen LogP contribution is -2.00. The maximum atomic E-state index is 10.5. The molecule has 20 heavy (non-hydrogen) atoms. The molecular weight excluding hydrogens is 303 g/mol. The third kappa shape index (κ3) is 7.13. The summed E-state index contributed by atoms with van der Waals surface area (Å²) in [4.78, 5) is 51.0. The van der Waals surface area contributed by atoms with Crippen molar-refractivity contribution in [3.63, 3.8) is 0 Å². The molecule has 0 saturated heterocycles. The molecule has 13 heteroatoms. The summed E-state index contributed by atoms with van der Waals surface area (Å²) in [7, 11) is -4.64. The van der Waals surface area contributed by atoms with Gasteiger partial charge in [-0.3, -0.25) is 20.2 Å². The van der Waals surface area contributed by atoms with Crippen molar-refractivity contribution in [1.82, 2.24) is 0 Å². The van der Waals surface area contributed by atoms with Gasteiger partial charge in [-0.1, -0.05) is 0 Å². The molecule has 0 fully saturated rings. The van der Waals surface area contributed by atoms with Gasteiger partial charge < -0.3 is 19.8 Å². The van der Waals surface area contributed by atoms with Crippen LogP contribution in [0.25, 0.3) is 0 Å². The molecule has 0 saturated carbocycles. The quantitative estimate of drug-likeness (QED) is 0.341. The first-order valence-electron chi connectivity index (χ1n) is 4.37. The van der Waals surface area contributed by atoms with Crippen LogP contribution in [0, 0.1) is 20.2 Å². The van der Waals surface area contributed by atoms with E-state index in [1.54, 1.807) is 0 Å². The van der Waals surface area contributed by atoms with Crippen LogP contribution >= 0.6 is 7.82 Å². The minimum atomic E-state index is -4.64. The maximum absolute atomic E-state index is 10.5. The van der Waals surface area contributed by atoms with Gasteiger partial charge in [0.15, 0.2) is 0 Å². The van der Waals surface area contributed by atoms with Crippen molar-refractivity contribution < 1.29 is 39.0 Å². The molecular formula is C7H7N2O10P. The summed E-state index contributed by atoms with van der Waals surface area (Å²) in [6.07, 6.45) is 0. The van der Waals surface area contributed by atoms with Gasteiger partial charge >= 0.3 is 13.8 Å². The van der Waals surface area contributed by atoms with Gasteiger partial charge in [-0.05, 0) is 0 Å². The van der Waals surface area contributed by atoms with Crippen LogP contribution < -0.4 is 0 Å². The summed E-state index contributed by atoms with van der Waals surface area (Å²) < 4.78 is 8.88. The molecule has 1 aromatic carbocycles. The summed E-state index contributed by atoms with van der Waals surface area (Å²) in [6.45, 7) is 0. The third-order valence-corrected chi connectivity index (χ3v) is 1.57. The summed E-state index contributed by atoms with van der Waals surface area (Å²) in [5, 5.41) is 29.2. The van der Waals surface area contributed by atoms with Gasteiger partial charge in [0.1, 0.15) is 0 Å². The fourth-order valence-corrected chi connectivity index (χ4v) is 0.929. The molecule has 0 aliphatic carbocycles. The second-order valence-corrected chi connectivity index (χ2v) is 4.10. The van der Waals surface area contributed by atoms with E-state index in [-0.39, 0.29) is 0 Å². The summed E-state index contributed by atoms with van der Waals surface area (Å²) in [5.74, 6) is -1.46. The normalized spacial score (nSPS) is 10.2. The number of aromatic carboxylic acids is 1. The highest BCUT2D eigenvalue weighted by Gasteiger charge is 2.19. The average Bonchev–Trinajstić information content (AvgIpc) is 2.25. The molecule has 0 aliphatic heterocycles. The van der Waals surface area contributed by atoms with Crippen LogP contribution in [0.1, 0.15) is 10.4 Å². The first-order chi connectivity index (χ1) is 8.91. The van der Waals surface area contributed by atoms with Crippen molar-refractivity contribution >= 4 is 25.2 Å². The van der Waals surface area contributed by atoms with Crippen LogP contribution in [0.4, 0.5) is 11.4 Å². The molecule has 1 aromatic rings. The molecule has 0 unspecified atom stereocenters. The van der Waals surface area contributed by atoms with Gasteiger partial charge in [0.2, 0.25) is 0 Å². The van der Waals surface area contributed by atoms with E-state index in [2.05, 4.69) is 0 Å². The Hall–Kier alpha value is -2.40. The Balaban J connectivity index is 0.000000621. The predicted molar refractivity (Wildman–Crippen MR) is 61.0 cm³/mol. The number of hydrogen-bond donors (Lipinski definition) is 4. The zero-order valence-electron chi connectivity index (χ0n) is 9.31. The standard InChI is InChI=1S/C7H4N2O6.H3O4P/c10-7(11)4-1-5(8(12)13)3-6(2-4)9(14)15;1-5(2,3)4/h1-3H,(H,10,11);(H3,1,2,3,4). The second-order valence-electron chi connectivity index (χ2n) is 3.07. The Bertz CT molecular complexity index is 506. The smallest absolute Gasteiger partial charge is 0.466 e. The first kappa shape index (κ1) is 17.6. The van der Waals surface area contributed by atoms with Crippen molar-refractivity contribution in [3.05, 3.63) is 44.0 Å². The van der Waals surface area contributed by atoms with Crippen molar-refractivity contribution in [2.24, 2.45) is 0 Å². The summed E-state index contributed by atoms with van der Waals surface area (Å²) in [5.41, 5.74) is -1.74. The molecule has 0 radical (unpaired) electrons. The molecule has 1 rings (SSSR count). The van der Waals surface area contributed by atoms with Crippen molar-refractivity contribution in [2.45, 2.75) is 0 Å². The Labute approximate surface area is 109 Å². The zero-order valence-corrected chi connectivity index (χ0v) is 10.2. The van der Waals surface area contributed by atoms with E-state index in [0.29, 0.717) is 6.07 Å². The number of nitrogens with zero attached hydrogens (tertiary/aromatic N) is 2. The zero-order chi connectivity index (χ0) is 16.1.